The highest BCUT2D eigenvalue weighted by Gasteiger charge is 2.34. The highest BCUT2D eigenvalue weighted by Crippen LogP contribution is 2.38. The number of para-hydroxylation sites is 1. The normalized spacial score (nSPS) is 21.1. The van der Waals surface area contributed by atoms with Crippen molar-refractivity contribution in [2.24, 2.45) is 4.99 Å². The third-order valence-corrected chi connectivity index (χ3v) is 3.73. The van der Waals surface area contributed by atoms with Gasteiger partial charge in [0.05, 0.1) is 0 Å². The second kappa shape index (κ2) is 3.95. The molecule has 0 aliphatic carbocycles. The first-order chi connectivity index (χ1) is 9.00. The number of carboxylic acid groups (broad SMARTS) is 1. The monoisotopic (exact) mass is 256 g/mol. The zero-order chi connectivity index (χ0) is 13.6. The van der Waals surface area contributed by atoms with Crippen molar-refractivity contribution in [2.75, 3.05) is 6.54 Å². The summed E-state index contributed by atoms with van der Waals surface area (Å²) in [6.07, 6.45) is 1.55. The molecule has 0 saturated heterocycles. The van der Waals surface area contributed by atoms with Gasteiger partial charge in [-0.15, -0.1) is 0 Å². The van der Waals surface area contributed by atoms with E-state index in [9.17, 15) is 9.90 Å². The van der Waals surface area contributed by atoms with Crippen LogP contribution < -0.4 is 0 Å². The third kappa shape index (κ3) is 1.75. The standard InChI is InChI=1S/C15H16N2O2/c1-15(2)8-16-7-10(14(18)19)13-12(15)9-5-3-4-6-11(9)17-13/h3-7,10,17H,8H2,1-2H3,(H,18,19). The number of nitrogens with one attached hydrogen (secondary N) is 1. The molecule has 0 bridgehead atoms. The summed E-state index contributed by atoms with van der Waals surface area (Å²) in [6, 6.07) is 7.95. The first-order valence-corrected chi connectivity index (χ1v) is 6.34. The molecule has 0 fully saturated rings. The van der Waals surface area contributed by atoms with E-state index in [2.05, 4.69) is 23.8 Å². The number of rotatable bonds is 1. The van der Waals surface area contributed by atoms with Crippen molar-refractivity contribution >= 4 is 23.1 Å². The molecule has 0 spiro atoms. The number of nitrogens with zero attached hydrogens (tertiary/aromatic N) is 1. The van der Waals surface area contributed by atoms with E-state index in [4.69, 9.17) is 0 Å². The van der Waals surface area contributed by atoms with Crippen LogP contribution in [0.25, 0.3) is 10.9 Å². The van der Waals surface area contributed by atoms with Crippen LogP contribution in [0.15, 0.2) is 29.3 Å². The molecule has 1 aromatic carbocycles. The number of aliphatic imine (C=N–C) groups is 1. The average molecular weight is 256 g/mol. The molecule has 0 radical (unpaired) electrons. The van der Waals surface area contributed by atoms with Crippen LogP contribution in [0.3, 0.4) is 0 Å². The highest BCUT2D eigenvalue weighted by molar-refractivity contribution is 5.98. The lowest BCUT2D eigenvalue weighted by Gasteiger charge is -2.22. The molecule has 2 N–H and O–H groups in total. The van der Waals surface area contributed by atoms with Crippen LogP contribution in [0.4, 0.5) is 0 Å². The molecule has 0 saturated carbocycles. The SMILES string of the molecule is CC1(C)CN=CC(C(=O)O)c2[nH]c3ccccc3c21. The van der Waals surface area contributed by atoms with Gasteiger partial charge in [0.1, 0.15) is 5.92 Å². The summed E-state index contributed by atoms with van der Waals surface area (Å²) in [7, 11) is 0. The number of aliphatic carboxylic acids is 1. The maximum atomic E-state index is 11.4. The molecule has 19 heavy (non-hydrogen) atoms. The summed E-state index contributed by atoms with van der Waals surface area (Å²) in [6.45, 7) is 4.81. The molecule has 1 aromatic heterocycles. The topological polar surface area (TPSA) is 65.4 Å². The van der Waals surface area contributed by atoms with Crippen molar-refractivity contribution < 1.29 is 9.90 Å². The van der Waals surface area contributed by atoms with Gasteiger partial charge < -0.3 is 10.1 Å². The first-order valence-electron chi connectivity index (χ1n) is 6.34. The van der Waals surface area contributed by atoms with E-state index in [-0.39, 0.29) is 5.41 Å². The van der Waals surface area contributed by atoms with Gasteiger partial charge >= 0.3 is 5.97 Å². The van der Waals surface area contributed by atoms with Gasteiger partial charge in [0, 0.05) is 34.8 Å². The number of aromatic amines is 1. The van der Waals surface area contributed by atoms with Crippen LogP contribution >= 0.6 is 0 Å². The number of benzene rings is 1. The Balaban J connectivity index is 2.36. The van der Waals surface area contributed by atoms with Gasteiger partial charge in [-0.1, -0.05) is 32.0 Å². The summed E-state index contributed by atoms with van der Waals surface area (Å²) >= 11 is 0. The fourth-order valence-electron chi connectivity index (χ4n) is 2.85. The minimum Gasteiger partial charge on any atom is -0.480 e. The van der Waals surface area contributed by atoms with Gasteiger partial charge in [0.25, 0.3) is 0 Å². The fraction of sp³-hybridized carbons (Fsp3) is 0.333. The van der Waals surface area contributed by atoms with Crippen LogP contribution in [-0.4, -0.2) is 28.8 Å². The molecule has 4 heteroatoms. The van der Waals surface area contributed by atoms with Crippen molar-refractivity contribution in [3.8, 4) is 0 Å². The molecule has 4 nitrogen and oxygen atoms in total. The van der Waals surface area contributed by atoms with Gasteiger partial charge in [-0.05, 0) is 11.6 Å². The lowest BCUT2D eigenvalue weighted by atomic mass is 9.81. The maximum absolute atomic E-state index is 11.4. The number of hydrogen-bond acceptors (Lipinski definition) is 2. The quantitative estimate of drug-likeness (QED) is 0.823. The van der Waals surface area contributed by atoms with E-state index in [1.165, 1.54) is 0 Å². The van der Waals surface area contributed by atoms with Crippen LogP contribution in [0.5, 0.6) is 0 Å². The number of fused-ring (bicyclic) bond motifs is 3. The molecule has 1 aliphatic rings. The smallest absolute Gasteiger partial charge is 0.318 e. The highest BCUT2D eigenvalue weighted by atomic mass is 16.4. The predicted molar refractivity (Wildman–Crippen MR) is 75.1 cm³/mol. The van der Waals surface area contributed by atoms with Crippen molar-refractivity contribution in [3.63, 3.8) is 0 Å². The predicted octanol–water partition coefficient (Wildman–Crippen LogP) is 2.70. The summed E-state index contributed by atoms with van der Waals surface area (Å²) < 4.78 is 0. The molecule has 2 aromatic rings. The van der Waals surface area contributed by atoms with Gasteiger partial charge in [-0.3, -0.25) is 9.79 Å². The van der Waals surface area contributed by atoms with Crippen LogP contribution in [0, 0.1) is 0 Å². The number of aromatic nitrogens is 1. The second-order valence-corrected chi connectivity index (χ2v) is 5.65. The number of carboxylic acids is 1. The molecule has 2 heterocycles. The number of H-pyrrole nitrogens is 1. The summed E-state index contributed by atoms with van der Waals surface area (Å²) in [5.41, 5.74) is 2.66. The molecule has 1 atom stereocenters. The van der Waals surface area contributed by atoms with Crippen LogP contribution in [-0.2, 0) is 10.2 Å². The molecule has 1 unspecified atom stereocenters. The Morgan fingerprint density at radius 3 is 2.89 bits per heavy atom. The molecular weight excluding hydrogens is 240 g/mol. The Labute approximate surface area is 111 Å². The van der Waals surface area contributed by atoms with E-state index < -0.39 is 11.9 Å². The lowest BCUT2D eigenvalue weighted by Crippen LogP contribution is -2.22. The van der Waals surface area contributed by atoms with Gasteiger partial charge in [0.2, 0.25) is 0 Å². The van der Waals surface area contributed by atoms with Crippen LogP contribution in [0.2, 0.25) is 0 Å². The Hall–Kier alpha value is -2.10. The fourth-order valence-corrected chi connectivity index (χ4v) is 2.85. The molecule has 1 aliphatic heterocycles. The summed E-state index contributed by atoms with van der Waals surface area (Å²) in [5.74, 6) is -1.56. The zero-order valence-electron chi connectivity index (χ0n) is 11.0. The molecule has 3 rings (SSSR count). The van der Waals surface area contributed by atoms with Crippen molar-refractivity contribution in [2.45, 2.75) is 25.2 Å². The zero-order valence-corrected chi connectivity index (χ0v) is 11.0. The second-order valence-electron chi connectivity index (χ2n) is 5.65. The van der Waals surface area contributed by atoms with E-state index >= 15 is 0 Å². The van der Waals surface area contributed by atoms with E-state index in [0.29, 0.717) is 6.54 Å². The van der Waals surface area contributed by atoms with Gasteiger partial charge in [0.15, 0.2) is 0 Å². The maximum Gasteiger partial charge on any atom is 0.318 e. The van der Waals surface area contributed by atoms with Crippen LogP contribution in [0.1, 0.15) is 31.0 Å². The van der Waals surface area contributed by atoms with E-state index in [1.807, 2.05) is 24.3 Å². The first kappa shape index (κ1) is 12.0. The van der Waals surface area contributed by atoms with Crippen molar-refractivity contribution in [1.29, 1.82) is 0 Å². The van der Waals surface area contributed by atoms with E-state index in [1.54, 1.807) is 6.21 Å². The summed E-state index contributed by atoms with van der Waals surface area (Å²) in [4.78, 5) is 19.0. The Bertz CT molecular complexity index is 683. The molecule has 98 valence electrons. The van der Waals surface area contributed by atoms with E-state index in [0.717, 1.165) is 22.2 Å². The Morgan fingerprint density at radius 1 is 1.42 bits per heavy atom. The number of carbonyl (C=O) groups is 1. The minimum atomic E-state index is -0.866. The van der Waals surface area contributed by atoms with Crippen molar-refractivity contribution in [1.82, 2.24) is 4.98 Å². The third-order valence-electron chi connectivity index (χ3n) is 3.73. The Kier molecular flexibility index (Phi) is 2.49. The average Bonchev–Trinajstić information content (AvgIpc) is 2.67. The lowest BCUT2D eigenvalue weighted by molar-refractivity contribution is -0.137. The minimum absolute atomic E-state index is 0.171. The van der Waals surface area contributed by atoms with Gasteiger partial charge in [-0.2, -0.15) is 0 Å². The van der Waals surface area contributed by atoms with Gasteiger partial charge in [-0.25, -0.2) is 0 Å². The Morgan fingerprint density at radius 2 is 2.16 bits per heavy atom. The number of hydrogen-bond donors (Lipinski definition) is 2. The van der Waals surface area contributed by atoms with Crippen molar-refractivity contribution in [3.05, 3.63) is 35.5 Å². The molecular formula is C15H16N2O2. The summed E-state index contributed by atoms with van der Waals surface area (Å²) in [5, 5.41) is 10.5. The largest absolute Gasteiger partial charge is 0.480 e. The molecule has 0 amide bonds.